The number of amides is 2. The Morgan fingerprint density at radius 1 is 1.21 bits per heavy atom. The molecule has 1 aliphatic heterocycles. The third-order valence-corrected chi connectivity index (χ3v) is 6.48. The summed E-state index contributed by atoms with van der Waals surface area (Å²) >= 11 is 0. The largest absolute Gasteiger partial charge is 0.497 e. The number of aromatic nitrogens is 2. The molecule has 0 aliphatic carbocycles. The highest BCUT2D eigenvalue weighted by atomic mass is 16.5. The first-order valence-corrected chi connectivity index (χ1v) is 11.9. The van der Waals surface area contributed by atoms with Gasteiger partial charge in [0.05, 0.1) is 35.3 Å². The van der Waals surface area contributed by atoms with Gasteiger partial charge in [-0.25, -0.2) is 4.98 Å². The Labute approximate surface area is 200 Å². The van der Waals surface area contributed by atoms with E-state index >= 15 is 0 Å². The molecule has 0 radical (unpaired) electrons. The summed E-state index contributed by atoms with van der Waals surface area (Å²) in [5, 5.41) is 6.38. The molecule has 0 bridgehead atoms. The molecule has 0 saturated carbocycles. The Morgan fingerprint density at radius 3 is 2.74 bits per heavy atom. The zero-order valence-corrected chi connectivity index (χ0v) is 20.4. The summed E-state index contributed by atoms with van der Waals surface area (Å²) in [6, 6.07) is 11.1. The standard InChI is InChI=1S/C26H33N5O3/c1-5-30-16-17-9-7-10-19(23(17)26(30)33)25(32)29-20(11-8-14-27-3)24-28-21-15-18(34-4)12-13-22(21)31(24)6-2/h7,9-10,12-13,15,20,27H,5-6,8,11,14,16H2,1-4H3,(H,29,32). The average Bonchev–Trinajstić information content (AvgIpc) is 3.39. The Balaban J connectivity index is 1.70. The van der Waals surface area contributed by atoms with Crippen LogP contribution in [-0.4, -0.2) is 53.5 Å². The lowest BCUT2D eigenvalue weighted by atomic mass is 10.0. The second kappa shape index (κ2) is 10.3. The zero-order chi connectivity index (χ0) is 24.2. The molecule has 0 spiro atoms. The summed E-state index contributed by atoms with van der Waals surface area (Å²) in [6.07, 6.45) is 1.59. The van der Waals surface area contributed by atoms with Gasteiger partial charge in [0.1, 0.15) is 11.6 Å². The van der Waals surface area contributed by atoms with E-state index in [0.717, 1.165) is 54.1 Å². The molecule has 34 heavy (non-hydrogen) atoms. The van der Waals surface area contributed by atoms with Crippen molar-refractivity contribution in [3.63, 3.8) is 0 Å². The number of benzene rings is 2. The molecule has 0 saturated heterocycles. The van der Waals surface area contributed by atoms with Crippen LogP contribution >= 0.6 is 0 Å². The number of nitrogens with one attached hydrogen (secondary N) is 2. The van der Waals surface area contributed by atoms with Crippen molar-refractivity contribution in [3.8, 4) is 5.75 Å². The highest BCUT2D eigenvalue weighted by Gasteiger charge is 2.32. The molecular formula is C26H33N5O3. The SMILES string of the molecule is CCN1Cc2cccc(C(=O)NC(CCCNC)c3nc4cc(OC)ccc4n3CC)c2C1=O. The summed E-state index contributed by atoms with van der Waals surface area (Å²) in [5.41, 5.74) is 3.68. The van der Waals surface area contributed by atoms with Crippen LogP contribution in [0.3, 0.4) is 0 Å². The number of methoxy groups -OCH3 is 1. The van der Waals surface area contributed by atoms with Gasteiger partial charge < -0.3 is 24.8 Å². The van der Waals surface area contributed by atoms with Gasteiger partial charge in [-0.3, -0.25) is 9.59 Å². The van der Waals surface area contributed by atoms with E-state index in [1.54, 1.807) is 18.1 Å². The second-order valence-electron chi connectivity index (χ2n) is 8.50. The second-order valence-corrected chi connectivity index (χ2v) is 8.50. The number of imidazole rings is 1. The van der Waals surface area contributed by atoms with Crippen LogP contribution in [0.15, 0.2) is 36.4 Å². The van der Waals surface area contributed by atoms with Gasteiger partial charge in [-0.2, -0.15) is 0 Å². The number of carbonyl (C=O) groups is 2. The highest BCUT2D eigenvalue weighted by molar-refractivity contribution is 6.09. The van der Waals surface area contributed by atoms with Crippen molar-refractivity contribution >= 4 is 22.8 Å². The van der Waals surface area contributed by atoms with Gasteiger partial charge in [-0.05, 0) is 64.0 Å². The van der Waals surface area contributed by atoms with Crippen LogP contribution in [0, 0.1) is 0 Å². The minimum Gasteiger partial charge on any atom is -0.497 e. The van der Waals surface area contributed by atoms with Crippen molar-refractivity contribution in [1.29, 1.82) is 0 Å². The maximum atomic E-state index is 13.5. The fraction of sp³-hybridized carbons (Fsp3) is 0.423. The first-order valence-electron chi connectivity index (χ1n) is 11.9. The molecule has 2 aromatic carbocycles. The fourth-order valence-corrected chi connectivity index (χ4v) is 4.70. The summed E-state index contributed by atoms with van der Waals surface area (Å²) < 4.78 is 7.51. The maximum Gasteiger partial charge on any atom is 0.255 e. The van der Waals surface area contributed by atoms with E-state index in [2.05, 4.69) is 22.1 Å². The number of aryl methyl sites for hydroxylation is 1. The minimum absolute atomic E-state index is 0.0807. The molecule has 0 fully saturated rings. The lowest BCUT2D eigenvalue weighted by Gasteiger charge is -2.20. The van der Waals surface area contributed by atoms with Gasteiger partial charge >= 0.3 is 0 Å². The van der Waals surface area contributed by atoms with Gasteiger partial charge in [-0.15, -0.1) is 0 Å². The molecule has 8 heteroatoms. The number of carbonyl (C=O) groups excluding carboxylic acids is 2. The molecule has 4 rings (SSSR count). The van der Waals surface area contributed by atoms with E-state index in [4.69, 9.17) is 9.72 Å². The number of hydrogen-bond donors (Lipinski definition) is 2. The molecule has 8 nitrogen and oxygen atoms in total. The van der Waals surface area contributed by atoms with Crippen molar-refractivity contribution in [2.75, 3.05) is 27.2 Å². The number of rotatable bonds is 10. The Hall–Kier alpha value is -3.39. The molecular weight excluding hydrogens is 430 g/mol. The lowest BCUT2D eigenvalue weighted by molar-refractivity contribution is 0.0780. The van der Waals surface area contributed by atoms with Crippen LogP contribution in [0.1, 0.15) is 64.8 Å². The first-order chi connectivity index (χ1) is 16.5. The lowest BCUT2D eigenvalue weighted by Crippen LogP contribution is -2.32. The predicted molar refractivity (Wildman–Crippen MR) is 132 cm³/mol. The third-order valence-electron chi connectivity index (χ3n) is 6.48. The zero-order valence-electron chi connectivity index (χ0n) is 20.4. The van der Waals surface area contributed by atoms with E-state index in [1.165, 1.54) is 0 Å². The van der Waals surface area contributed by atoms with Crippen molar-refractivity contribution in [3.05, 3.63) is 58.9 Å². The van der Waals surface area contributed by atoms with E-state index in [-0.39, 0.29) is 17.9 Å². The molecule has 1 unspecified atom stereocenters. The number of ether oxygens (including phenoxy) is 1. The molecule has 2 heterocycles. The number of fused-ring (bicyclic) bond motifs is 2. The van der Waals surface area contributed by atoms with E-state index < -0.39 is 0 Å². The fourth-order valence-electron chi connectivity index (χ4n) is 4.70. The molecule has 1 aliphatic rings. The van der Waals surface area contributed by atoms with E-state index in [9.17, 15) is 9.59 Å². The van der Waals surface area contributed by atoms with E-state index in [1.807, 2.05) is 44.3 Å². The van der Waals surface area contributed by atoms with Gasteiger partial charge in [0.25, 0.3) is 11.8 Å². The van der Waals surface area contributed by atoms with Gasteiger partial charge in [0.2, 0.25) is 0 Å². The molecule has 2 N–H and O–H groups in total. The average molecular weight is 464 g/mol. The first kappa shape index (κ1) is 23.8. The molecule has 1 atom stereocenters. The maximum absolute atomic E-state index is 13.5. The molecule has 180 valence electrons. The molecule has 1 aromatic heterocycles. The van der Waals surface area contributed by atoms with Gasteiger partial charge in [-0.1, -0.05) is 12.1 Å². The van der Waals surface area contributed by atoms with Crippen molar-refractivity contribution in [2.45, 2.75) is 45.8 Å². The highest BCUT2D eigenvalue weighted by Crippen LogP contribution is 2.29. The van der Waals surface area contributed by atoms with Crippen LogP contribution < -0.4 is 15.4 Å². The van der Waals surface area contributed by atoms with Crippen LogP contribution in [0.25, 0.3) is 11.0 Å². The van der Waals surface area contributed by atoms with Crippen molar-refractivity contribution in [1.82, 2.24) is 25.1 Å². The third kappa shape index (κ3) is 4.37. The number of hydrogen-bond acceptors (Lipinski definition) is 5. The summed E-state index contributed by atoms with van der Waals surface area (Å²) in [5.74, 6) is 1.23. The number of nitrogens with zero attached hydrogens (tertiary/aromatic N) is 3. The van der Waals surface area contributed by atoms with Crippen molar-refractivity contribution in [2.24, 2.45) is 0 Å². The van der Waals surface area contributed by atoms with Crippen LogP contribution in [-0.2, 0) is 13.1 Å². The molecule has 3 aromatic rings. The Kier molecular flexibility index (Phi) is 7.17. The Bertz CT molecular complexity index is 1200. The van der Waals surface area contributed by atoms with Gasteiger partial charge in [0, 0.05) is 25.7 Å². The smallest absolute Gasteiger partial charge is 0.255 e. The van der Waals surface area contributed by atoms with Gasteiger partial charge in [0.15, 0.2) is 0 Å². The summed E-state index contributed by atoms with van der Waals surface area (Å²) in [4.78, 5) is 33.1. The van der Waals surface area contributed by atoms with E-state index in [0.29, 0.717) is 24.2 Å². The molecule has 2 amide bonds. The van der Waals surface area contributed by atoms with Crippen LogP contribution in [0.4, 0.5) is 0 Å². The predicted octanol–water partition coefficient (Wildman–Crippen LogP) is 3.51. The summed E-state index contributed by atoms with van der Waals surface area (Å²) in [7, 11) is 3.55. The van der Waals surface area contributed by atoms with Crippen molar-refractivity contribution < 1.29 is 14.3 Å². The Morgan fingerprint density at radius 2 is 2.03 bits per heavy atom. The summed E-state index contributed by atoms with van der Waals surface area (Å²) in [6.45, 7) is 6.74. The van der Waals surface area contributed by atoms with Crippen LogP contribution in [0.5, 0.6) is 5.75 Å². The monoisotopic (exact) mass is 463 g/mol. The van der Waals surface area contributed by atoms with Crippen LogP contribution in [0.2, 0.25) is 0 Å². The topological polar surface area (TPSA) is 88.5 Å². The quantitative estimate of drug-likeness (QED) is 0.449. The normalized spacial score (nSPS) is 13.9. The minimum atomic E-state index is -0.297.